The van der Waals surface area contributed by atoms with E-state index in [1.54, 1.807) is 20.8 Å². The fraction of sp³-hybridized carbons (Fsp3) is 0.417. The quantitative estimate of drug-likeness (QED) is 0.503. The molecule has 35 heavy (non-hydrogen) atoms. The van der Waals surface area contributed by atoms with E-state index in [-0.39, 0.29) is 30.6 Å². The minimum Gasteiger partial charge on any atom is -0.352 e. The Balaban J connectivity index is 2.48. The van der Waals surface area contributed by atoms with Gasteiger partial charge in [0.2, 0.25) is 11.8 Å². The summed E-state index contributed by atoms with van der Waals surface area (Å²) in [6.07, 6.45) is 0.266. The second-order valence-electron chi connectivity index (χ2n) is 8.51. The Hall–Kier alpha value is -3.05. The van der Waals surface area contributed by atoms with Gasteiger partial charge in [0, 0.05) is 26.7 Å². The van der Waals surface area contributed by atoms with Crippen LogP contribution in [0, 0.1) is 11.6 Å². The summed E-state index contributed by atoms with van der Waals surface area (Å²) in [6.45, 7) is 4.65. The van der Waals surface area contributed by atoms with Crippen LogP contribution >= 0.6 is 0 Å². The highest BCUT2D eigenvalue weighted by Crippen LogP contribution is 2.22. The van der Waals surface area contributed by atoms with Crippen molar-refractivity contribution in [1.29, 1.82) is 0 Å². The third-order valence-electron chi connectivity index (χ3n) is 5.22. The second-order valence-corrected chi connectivity index (χ2v) is 10.6. The molecule has 0 aliphatic carbocycles. The Morgan fingerprint density at radius 3 is 1.91 bits per heavy atom. The molecule has 2 aromatic carbocycles. The topological polar surface area (TPSA) is 90.0 Å². The number of hydrogen-bond acceptors (Lipinski definition) is 4. The molecule has 1 N–H and O–H groups in total. The van der Waals surface area contributed by atoms with E-state index in [0.717, 1.165) is 20.7 Å². The van der Waals surface area contributed by atoms with Crippen molar-refractivity contribution in [2.75, 3.05) is 24.9 Å². The third-order valence-corrected chi connectivity index (χ3v) is 7.04. The lowest BCUT2D eigenvalue weighted by atomic mass is 10.1. The van der Waals surface area contributed by atoms with Gasteiger partial charge in [-0.1, -0.05) is 19.1 Å². The lowest BCUT2D eigenvalue weighted by Crippen LogP contribution is -2.54. The van der Waals surface area contributed by atoms with E-state index in [1.165, 1.54) is 55.4 Å². The maximum atomic E-state index is 13.6. The molecule has 0 saturated heterocycles. The molecule has 11 heteroatoms. The van der Waals surface area contributed by atoms with E-state index >= 15 is 0 Å². The zero-order valence-corrected chi connectivity index (χ0v) is 21.4. The van der Waals surface area contributed by atoms with Gasteiger partial charge in [-0.25, -0.2) is 13.1 Å². The molecule has 2 rings (SSSR count). The standard InChI is InChI=1S/C24H32F2N4O4S/c1-6-22(24(32)27-17(2)3)29(15-18-7-9-19(25)10-8-18)23(31)16-30(35(33,34)28(4)5)21-13-11-20(26)12-14-21/h7-14,17,22H,6,15-16H2,1-5H3,(H,27,32)/t22-/m1/s1. The van der Waals surface area contributed by atoms with Crippen LogP contribution in [-0.2, 0) is 26.3 Å². The molecule has 0 aliphatic rings. The van der Waals surface area contributed by atoms with E-state index in [9.17, 15) is 26.8 Å². The first-order valence-corrected chi connectivity index (χ1v) is 12.6. The number of amides is 2. The zero-order valence-electron chi connectivity index (χ0n) is 20.5. The van der Waals surface area contributed by atoms with Gasteiger partial charge in [0.1, 0.15) is 24.2 Å². The summed E-state index contributed by atoms with van der Waals surface area (Å²) >= 11 is 0. The van der Waals surface area contributed by atoms with Crippen LogP contribution in [0.25, 0.3) is 0 Å². The van der Waals surface area contributed by atoms with Gasteiger partial charge >= 0.3 is 10.2 Å². The van der Waals surface area contributed by atoms with Crippen molar-refractivity contribution in [3.63, 3.8) is 0 Å². The number of carbonyl (C=O) groups excluding carboxylic acids is 2. The van der Waals surface area contributed by atoms with Crippen LogP contribution in [0.15, 0.2) is 48.5 Å². The van der Waals surface area contributed by atoms with E-state index in [0.29, 0.717) is 5.56 Å². The third kappa shape index (κ3) is 7.46. The number of benzene rings is 2. The van der Waals surface area contributed by atoms with Crippen LogP contribution in [0.5, 0.6) is 0 Å². The molecule has 0 fully saturated rings. The molecule has 2 amide bonds. The highest BCUT2D eigenvalue weighted by Gasteiger charge is 2.33. The number of halogens is 2. The minimum atomic E-state index is -4.14. The van der Waals surface area contributed by atoms with Crippen molar-refractivity contribution in [2.45, 2.75) is 45.8 Å². The van der Waals surface area contributed by atoms with Crippen LogP contribution in [0.1, 0.15) is 32.8 Å². The number of anilines is 1. The van der Waals surface area contributed by atoms with E-state index in [2.05, 4.69) is 5.32 Å². The SMILES string of the molecule is CC[C@H](C(=O)NC(C)C)N(Cc1ccc(F)cc1)C(=O)CN(c1ccc(F)cc1)S(=O)(=O)N(C)C. The average molecular weight is 511 g/mol. The van der Waals surface area contributed by atoms with Gasteiger partial charge in [0.05, 0.1) is 5.69 Å². The van der Waals surface area contributed by atoms with Crippen molar-refractivity contribution in [3.05, 3.63) is 65.7 Å². The molecule has 8 nitrogen and oxygen atoms in total. The molecular weight excluding hydrogens is 478 g/mol. The maximum absolute atomic E-state index is 13.6. The first-order chi connectivity index (χ1) is 16.4. The monoisotopic (exact) mass is 510 g/mol. The summed E-state index contributed by atoms with van der Waals surface area (Å²) in [5.74, 6) is -2.04. The Labute approximate surface area is 205 Å². The summed E-state index contributed by atoms with van der Waals surface area (Å²) < 4.78 is 54.8. The highest BCUT2D eigenvalue weighted by molar-refractivity contribution is 7.90. The molecule has 0 unspecified atom stereocenters. The number of carbonyl (C=O) groups is 2. The lowest BCUT2D eigenvalue weighted by molar-refractivity contribution is -0.140. The van der Waals surface area contributed by atoms with Gasteiger partial charge in [-0.05, 0) is 62.2 Å². The minimum absolute atomic E-state index is 0.0393. The predicted octanol–water partition coefficient (Wildman–Crippen LogP) is 2.91. The number of nitrogens with zero attached hydrogens (tertiary/aromatic N) is 3. The average Bonchev–Trinajstić information content (AvgIpc) is 2.78. The first-order valence-electron chi connectivity index (χ1n) is 11.2. The number of nitrogens with one attached hydrogen (secondary N) is 1. The van der Waals surface area contributed by atoms with Crippen molar-refractivity contribution >= 4 is 27.7 Å². The smallest absolute Gasteiger partial charge is 0.304 e. The van der Waals surface area contributed by atoms with Crippen molar-refractivity contribution in [1.82, 2.24) is 14.5 Å². The Bertz CT molecular complexity index is 1110. The summed E-state index contributed by atoms with van der Waals surface area (Å²) in [7, 11) is -1.50. The van der Waals surface area contributed by atoms with Gasteiger partial charge in [-0.3, -0.25) is 9.59 Å². The van der Waals surface area contributed by atoms with Crippen LogP contribution < -0.4 is 9.62 Å². The maximum Gasteiger partial charge on any atom is 0.304 e. The Morgan fingerprint density at radius 2 is 1.46 bits per heavy atom. The van der Waals surface area contributed by atoms with Gasteiger partial charge < -0.3 is 10.2 Å². The second kappa shape index (κ2) is 12.1. The molecule has 0 spiro atoms. The van der Waals surface area contributed by atoms with E-state index in [4.69, 9.17) is 0 Å². The molecule has 0 radical (unpaired) electrons. The molecule has 2 aromatic rings. The number of rotatable bonds is 11. The summed E-state index contributed by atoms with van der Waals surface area (Å²) in [5.41, 5.74) is 0.661. The van der Waals surface area contributed by atoms with Gasteiger partial charge in [0.15, 0.2) is 0 Å². The zero-order chi connectivity index (χ0) is 26.3. The van der Waals surface area contributed by atoms with Crippen LogP contribution in [0.2, 0.25) is 0 Å². The lowest BCUT2D eigenvalue weighted by Gasteiger charge is -2.34. The van der Waals surface area contributed by atoms with Crippen molar-refractivity contribution in [3.8, 4) is 0 Å². The molecule has 0 aromatic heterocycles. The van der Waals surface area contributed by atoms with Crippen molar-refractivity contribution in [2.24, 2.45) is 0 Å². The summed E-state index contributed by atoms with van der Waals surface area (Å²) in [6, 6.07) is 9.12. The fourth-order valence-corrected chi connectivity index (χ4v) is 4.47. The molecule has 0 heterocycles. The Morgan fingerprint density at radius 1 is 0.943 bits per heavy atom. The van der Waals surface area contributed by atoms with Crippen molar-refractivity contribution < 1.29 is 26.8 Å². The molecule has 0 aliphatic heterocycles. The van der Waals surface area contributed by atoms with Crippen LogP contribution in [0.4, 0.5) is 14.5 Å². The van der Waals surface area contributed by atoms with E-state index < -0.39 is 40.3 Å². The molecule has 0 saturated carbocycles. The van der Waals surface area contributed by atoms with Crippen LogP contribution in [-0.4, -0.2) is 62.2 Å². The molecule has 192 valence electrons. The summed E-state index contributed by atoms with van der Waals surface area (Å²) in [4.78, 5) is 27.8. The van der Waals surface area contributed by atoms with Gasteiger partial charge in [0.25, 0.3) is 0 Å². The highest BCUT2D eigenvalue weighted by atomic mass is 32.2. The van der Waals surface area contributed by atoms with E-state index in [1.807, 2.05) is 0 Å². The molecule has 0 bridgehead atoms. The fourth-order valence-electron chi connectivity index (χ4n) is 3.41. The molecular formula is C24H32F2N4O4S. The normalized spacial score (nSPS) is 12.5. The first kappa shape index (κ1) is 28.2. The number of hydrogen-bond donors (Lipinski definition) is 1. The summed E-state index contributed by atoms with van der Waals surface area (Å²) in [5, 5.41) is 2.79. The Kier molecular flexibility index (Phi) is 9.73. The molecule has 1 atom stereocenters. The van der Waals surface area contributed by atoms with Crippen LogP contribution in [0.3, 0.4) is 0 Å². The van der Waals surface area contributed by atoms with Gasteiger partial charge in [-0.15, -0.1) is 0 Å². The predicted molar refractivity (Wildman–Crippen MR) is 131 cm³/mol. The van der Waals surface area contributed by atoms with Gasteiger partial charge in [-0.2, -0.15) is 12.7 Å². The largest absolute Gasteiger partial charge is 0.352 e.